The van der Waals surface area contributed by atoms with Crippen molar-refractivity contribution in [2.75, 3.05) is 4.90 Å². The van der Waals surface area contributed by atoms with Crippen LogP contribution < -0.4 is 10.2 Å². The number of anilines is 1. The summed E-state index contributed by atoms with van der Waals surface area (Å²) in [5.74, 6) is -0.580. The van der Waals surface area contributed by atoms with Crippen molar-refractivity contribution < 1.29 is 14.0 Å². The lowest BCUT2D eigenvalue weighted by Crippen LogP contribution is -2.51. The summed E-state index contributed by atoms with van der Waals surface area (Å²) in [5.41, 5.74) is 3.14. The lowest BCUT2D eigenvalue weighted by Gasteiger charge is -2.31. The second-order valence-electron chi connectivity index (χ2n) is 8.87. The van der Waals surface area contributed by atoms with E-state index in [1.165, 1.54) is 21.8 Å². The molecule has 0 saturated heterocycles. The number of nitrogens with zero attached hydrogens (tertiary/aromatic N) is 5. The summed E-state index contributed by atoms with van der Waals surface area (Å²) in [4.78, 5) is 29.3. The normalized spacial score (nSPS) is 14.7. The Hall–Kier alpha value is -3.62. The van der Waals surface area contributed by atoms with Crippen molar-refractivity contribution in [3.63, 3.8) is 0 Å². The second kappa shape index (κ2) is 10.1. The molecule has 34 heavy (non-hydrogen) atoms. The van der Waals surface area contributed by atoms with Gasteiger partial charge in [-0.15, -0.1) is 10.2 Å². The average Bonchev–Trinajstić information content (AvgIpc) is 3.49. The average molecular weight is 465 g/mol. The highest BCUT2D eigenvalue weighted by Crippen LogP contribution is 2.25. The molecule has 0 bridgehead atoms. The number of hydrogen-bond donors (Lipinski definition) is 1. The number of rotatable bonds is 7. The van der Waals surface area contributed by atoms with Gasteiger partial charge in [0.05, 0.1) is 0 Å². The van der Waals surface area contributed by atoms with Gasteiger partial charge in [0.25, 0.3) is 5.91 Å². The van der Waals surface area contributed by atoms with Crippen molar-refractivity contribution in [2.45, 2.75) is 65.1 Å². The maximum atomic E-state index is 13.5. The van der Waals surface area contributed by atoms with Crippen LogP contribution >= 0.6 is 0 Å². The molecule has 1 heterocycles. The Morgan fingerprint density at radius 1 is 1.15 bits per heavy atom. The third-order valence-corrected chi connectivity index (χ3v) is 6.19. The highest BCUT2D eigenvalue weighted by Gasteiger charge is 2.31. The molecular formula is C25H29FN6O2. The number of nitrogens with one attached hydrogen (secondary N) is 1. The van der Waals surface area contributed by atoms with Gasteiger partial charge in [0, 0.05) is 17.3 Å². The molecule has 1 aromatic heterocycles. The van der Waals surface area contributed by atoms with Gasteiger partial charge < -0.3 is 5.32 Å². The molecular weight excluding hydrogens is 435 g/mol. The fourth-order valence-electron chi connectivity index (χ4n) is 4.27. The largest absolute Gasteiger partial charge is 0.352 e. The fraction of sp³-hybridized carbons (Fsp3) is 0.400. The van der Waals surface area contributed by atoms with Crippen LogP contribution in [0.4, 0.5) is 10.1 Å². The molecule has 1 aliphatic rings. The van der Waals surface area contributed by atoms with E-state index in [0.717, 1.165) is 36.8 Å². The topological polar surface area (TPSA) is 93.0 Å². The molecule has 1 fully saturated rings. The molecule has 3 aromatic rings. The van der Waals surface area contributed by atoms with Gasteiger partial charge in [0.2, 0.25) is 11.7 Å². The van der Waals surface area contributed by atoms with E-state index in [4.69, 9.17) is 0 Å². The van der Waals surface area contributed by atoms with Crippen molar-refractivity contribution in [2.24, 2.45) is 0 Å². The molecule has 1 saturated carbocycles. The van der Waals surface area contributed by atoms with Gasteiger partial charge in [-0.3, -0.25) is 14.5 Å². The second-order valence-corrected chi connectivity index (χ2v) is 8.87. The molecule has 8 nitrogen and oxygen atoms in total. The quantitative estimate of drug-likeness (QED) is 0.577. The van der Waals surface area contributed by atoms with Gasteiger partial charge >= 0.3 is 0 Å². The molecule has 2 amide bonds. The number of carbonyl (C=O) groups is 2. The molecule has 1 atom stereocenters. The number of amides is 2. The van der Waals surface area contributed by atoms with Crippen LogP contribution in [0.2, 0.25) is 0 Å². The Morgan fingerprint density at radius 2 is 1.85 bits per heavy atom. The number of halogens is 1. The molecule has 1 aliphatic carbocycles. The molecule has 9 heteroatoms. The van der Waals surface area contributed by atoms with E-state index in [2.05, 4.69) is 20.7 Å². The SMILES string of the molecule is Cc1ccc(C)c(N(C(=O)Cn2nnc(-c3ccc(F)cc3)n2)C(C)C(=O)NC2CCCC2)c1. The van der Waals surface area contributed by atoms with Gasteiger partial charge in [-0.05, 0) is 80.3 Å². The van der Waals surface area contributed by atoms with Crippen LogP contribution in [0, 0.1) is 19.7 Å². The summed E-state index contributed by atoms with van der Waals surface area (Å²) in [6.07, 6.45) is 4.14. The number of benzene rings is 2. The molecule has 1 N–H and O–H groups in total. The van der Waals surface area contributed by atoms with Crippen molar-refractivity contribution in [1.82, 2.24) is 25.5 Å². The predicted octanol–water partition coefficient (Wildman–Crippen LogP) is 3.58. The minimum atomic E-state index is -0.714. The van der Waals surface area contributed by atoms with E-state index < -0.39 is 6.04 Å². The Labute approximate surface area is 198 Å². The van der Waals surface area contributed by atoms with E-state index in [0.29, 0.717) is 11.3 Å². The van der Waals surface area contributed by atoms with E-state index >= 15 is 0 Å². The van der Waals surface area contributed by atoms with E-state index in [1.54, 1.807) is 19.1 Å². The van der Waals surface area contributed by atoms with Crippen LogP contribution in [0.3, 0.4) is 0 Å². The van der Waals surface area contributed by atoms with Crippen molar-refractivity contribution >= 4 is 17.5 Å². The number of aryl methyl sites for hydroxylation is 2. The zero-order chi connectivity index (χ0) is 24.2. The zero-order valence-electron chi connectivity index (χ0n) is 19.7. The highest BCUT2D eigenvalue weighted by atomic mass is 19.1. The Morgan fingerprint density at radius 3 is 2.56 bits per heavy atom. The van der Waals surface area contributed by atoms with Crippen LogP contribution in [0.25, 0.3) is 11.4 Å². The third kappa shape index (κ3) is 5.30. The van der Waals surface area contributed by atoms with Crippen LogP contribution in [-0.4, -0.2) is 44.1 Å². The standard InChI is InChI=1S/C25H29FN6O2/c1-16-8-9-17(2)22(14-16)32(18(3)25(34)27-21-6-4-5-7-21)23(33)15-31-29-24(28-30-31)19-10-12-20(26)13-11-19/h8-14,18,21H,4-7,15H2,1-3H3,(H,27,34). The molecule has 0 radical (unpaired) electrons. The van der Waals surface area contributed by atoms with Crippen LogP contribution in [0.15, 0.2) is 42.5 Å². The molecule has 0 spiro atoms. The van der Waals surface area contributed by atoms with E-state index in [1.807, 2.05) is 32.0 Å². The monoisotopic (exact) mass is 464 g/mol. The highest BCUT2D eigenvalue weighted by molar-refractivity contribution is 6.01. The molecule has 1 unspecified atom stereocenters. The first-order chi connectivity index (χ1) is 16.3. The lowest BCUT2D eigenvalue weighted by molar-refractivity contribution is -0.127. The van der Waals surface area contributed by atoms with Crippen molar-refractivity contribution in [3.8, 4) is 11.4 Å². The molecule has 178 valence electrons. The number of carbonyl (C=O) groups excluding carboxylic acids is 2. The predicted molar refractivity (Wildman–Crippen MR) is 126 cm³/mol. The first-order valence-electron chi connectivity index (χ1n) is 11.6. The minimum Gasteiger partial charge on any atom is -0.352 e. The van der Waals surface area contributed by atoms with Gasteiger partial charge in [-0.2, -0.15) is 4.80 Å². The van der Waals surface area contributed by atoms with Crippen LogP contribution in [0.1, 0.15) is 43.7 Å². The lowest BCUT2D eigenvalue weighted by atomic mass is 10.1. The number of aromatic nitrogens is 4. The van der Waals surface area contributed by atoms with Gasteiger partial charge in [0.15, 0.2) is 0 Å². The maximum Gasteiger partial charge on any atom is 0.251 e. The van der Waals surface area contributed by atoms with Crippen LogP contribution in [-0.2, 0) is 16.1 Å². The zero-order valence-corrected chi connectivity index (χ0v) is 19.7. The van der Waals surface area contributed by atoms with E-state index in [-0.39, 0.29) is 36.0 Å². The summed E-state index contributed by atoms with van der Waals surface area (Å²) in [6, 6.07) is 11.0. The summed E-state index contributed by atoms with van der Waals surface area (Å²) >= 11 is 0. The molecule has 0 aliphatic heterocycles. The van der Waals surface area contributed by atoms with Crippen molar-refractivity contribution in [3.05, 3.63) is 59.4 Å². The number of tetrazole rings is 1. The van der Waals surface area contributed by atoms with Crippen molar-refractivity contribution in [1.29, 1.82) is 0 Å². The van der Waals surface area contributed by atoms with Gasteiger partial charge in [-0.25, -0.2) is 4.39 Å². The Balaban J connectivity index is 1.58. The Bertz CT molecular complexity index is 1170. The number of hydrogen-bond acceptors (Lipinski definition) is 5. The summed E-state index contributed by atoms with van der Waals surface area (Å²) in [6.45, 7) is 5.41. The maximum absolute atomic E-state index is 13.5. The third-order valence-electron chi connectivity index (χ3n) is 6.19. The summed E-state index contributed by atoms with van der Waals surface area (Å²) in [7, 11) is 0. The molecule has 2 aromatic carbocycles. The van der Waals surface area contributed by atoms with Gasteiger partial charge in [0.1, 0.15) is 18.4 Å². The van der Waals surface area contributed by atoms with Crippen LogP contribution in [0.5, 0.6) is 0 Å². The first-order valence-corrected chi connectivity index (χ1v) is 11.6. The molecule has 4 rings (SSSR count). The Kier molecular flexibility index (Phi) is 7.00. The van der Waals surface area contributed by atoms with E-state index in [9.17, 15) is 14.0 Å². The minimum absolute atomic E-state index is 0.153. The fourth-order valence-corrected chi connectivity index (χ4v) is 4.27. The summed E-state index contributed by atoms with van der Waals surface area (Å²) < 4.78 is 13.2. The first kappa shape index (κ1) is 23.5. The summed E-state index contributed by atoms with van der Waals surface area (Å²) in [5, 5.41) is 15.4. The smallest absolute Gasteiger partial charge is 0.251 e. The van der Waals surface area contributed by atoms with Gasteiger partial charge in [-0.1, -0.05) is 25.0 Å².